The normalized spacial score (nSPS) is 10.5. The van der Waals surface area contributed by atoms with E-state index < -0.39 is 5.91 Å². The van der Waals surface area contributed by atoms with Gasteiger partial charge in [0, 0.05) is 5.69 Å². The van der Waals surface area contributed by atoms with E-state index in [0.29, 0.717) is 23.7 Å². The Morgan fingerprint density at radius 2 is 1.70 bits per heavy atom. The van der Waals surface area contributed by atoms with Crippen LogP contribution < -0.4 is 15.4 Å². The van der Waals surface area contributed by atoms with E-state index in [1.165, 1.54) is 4.68 Å². The number of nitrogens with zero attached hydrogens (tertiary/aromatic N) is 3. The fourth-order valence-corrected chi connectivity index (χ4v) is 3.03. The van der Waals surface area contributed by atoms with E-state index in [4.69, 9.17) is 4.74 Å². The van der Waals surface area contributed by atoms with Crippen LogP contribution in [0.1, 0.15) is 35.6 Å². The molecule has 156 valence electrons. The molecule has 3 rings (SSSR count). The minimum Gasteiger partial charge on any atom is -0.492 e. The number of hydrogen-bond donors (Lipinski definition) is 2. The largest absolute Gasteiger partial charge is 0.492 e. The van der Waals surface area contributed by atoms with E-state index in [9.17, 15) is 9.59 Å². The van der Waals surface area contributed by atoms with Gasteiger partial charge >= 0.3 is 0 Å². The molecule has 1 aromatic heterocycles. The highest BCUT2D eigenvalue weighted by Crippen LogP contribution is 2.24. The molecule has 0 atom stereocenters. The molecule has 0 bridgehead atoms. The monoisotopic (exact) mass is 407 g/mol. The molecule has 30 heavy (non-hydrogen) atoms. The van der Waals surface area contributed by atoms with Crippen LogP contribution in [-0.4, -0.2) is 33.4 Å². The van der Waals surface area contributed by atoms with Gasteiger partial charge in [-0.3, -0.25) is 9.59 Å². The van der Waals surface area contributed by atoms with Gasteiger partial charge < -0.3 is 15.4 Å². The fourth-order valence-electron chi connectivity index (χ4n) is 3.03. The molecule has 8 nitrogen and oxygen atoms in total. The Morgan fingerprint density at radius 1 is 1.00 bits per heavy atom. The summed E-state index contributed by atoms with van der Waals surface area (Å²) < 4.78 is 6.94. The van der Waals surface area contributed by atoms with Crippen molar-refractivity contribution >= 4 is 23.2 Å². The number of aromatic nitrogens is 3. The predicted molar refractivity (Wildman–Crippen MR) is 115 cm³/mol. The second-order valence-corrected chi connectivity index (χ2v) is 6.62. The van der Waals surface area contributed by atoms with Gasteiger partial charge in [-0.25, -0.2) is 4.68 Å². The SMILES string of the molecule is CCOc1ccccc1NC(=O)c1nnn(CC(=O)Nc2ccccc2CC)c1C. The highest BCUT2D eigenvalue weighted by atomic mass is 16.5. The molecule has 8 heteroatoms. The van der Waals surface area contributed by atoms with Crippen LogP contribution >= 0.6 is 0 Å². The average Bonchev–Trinajstić information content (AvgIpc) is 3.10. The lowest BCUT2D eigenvalue weighted by Gasteiger charge is -2.11. The van der Waals surface area contributed by atoms with Crippen molar-refractivity contribution in [3.05, 3.63) is 65.5 Å². The lowest BCUT2D eigenvalue weighted by atomic mass is 10.1. The van der Waals surface area contributed by atoms with Crippen LogP contribution in [0.2, 0.25) is 0 Å². The summed E-state index contributed by atoms with van der Waals surface area (Å²) in [5.41, 5.74) is 3.03. The Hall–Kier alpha value is -3.68. The quantitative estimate of drug-likeness (QED) is 0.596. The Labute approximate surface area is 175 Å². The third-order valence-corrected chi connectivity index (χ3v) is 4.60. The predicted octanol–water partition coefficient (Wildman–Crippen LogP) is 3.44. The minimum absolute atomic E-state index is 0.0420. The van der Waals surface area contributed by atoms with Gasteiger partial charge in [0.1, 0.15) is 12.3 Å². The maximum Gasteiger partial charge on any atom is 0.278 e. The molecule has 0 aliphatic heterocycles. The van der Waals surface area contributed by atoms with E-state index in [-0.39, 0.29) is 18.1 Å². The van der Waals surface area contributed by atoms with Crippen LogP contribution in [0, 0.1) is 6.92 Å². The van der Waals surface area contributed by atoms with Crippen LogP contribution in [0.5, 0.6) is 5.75 Å². The maximum absolute atomic E-state index is 12.7. The van der Waals surface area contributed by atoms with Crippen molar-refractivity contribution in [3.63, 3.8) is 0 Å². The van der Waals surface area contributed by atoms with E-state index >= 15 is 0 Å². The topological polar surface area (TPSA) is 98.1 Å². The van der Waals surface area contributed by atoms with Crippen molar-refractivity contribution in [1.29, 1.82) is 0 Å². The Morgan fingerprint density at radius 3 is 2.43 bits per heavy atom. The molecule has 0 spiro atoms. The van der Waals surface area contributed by atoms with Gasteiger partial charge in [-0.2, -0.15) is 0 Å². The number of para-hydroxylation sites is 3. The van der Waals surface area contributed by atoms with Gasteiger partial charge in [0.15, 0.2) is 5.69 Å². The second-order valence-electron chi connectivity index (χ2n) is 6.62. The molecule has 1 heterocycles. The summed E-state index contributed by atoms with van der Waals surface area (Å²) in [4.78, 5) is 25.2. The Bertz CT molecular complexity index is 1040. The number of benzene rings is 2. The lowest BCUT2D eigenvalue weighted by Crippen LogP contribution is -2.21. The number of rotatable bonds is 8. The van der Waals surface area contributed by atoms with Crippen LogP contribution in [0.4, 0.5) is 11.4 Å². The smallest absolute Gasteiger partial charge is 0.278 e. The van der Waals surface area contributed by atoms with E-state index in [2.05, 4.69) is 20.9 Å². The molecule has 3 aromatic rings. The molecule has 0 unspecified atom stereocenters. The number of carbonyl (C=O) groups excluding carboxylic acids is 2. The highest BCUT2D eigenvalue weighted by molar-refractivity contribution is 6.04. The van der Waals surface area contributed by atoms with E-state index in [1.54, 1.807) is 25.1 Å². The number of amides is 2. The number of nitrogens with one attached hydrogen (secondary N) is 2. The van der Waals surface area contributed by atoms with Crippen LogP contribution in [0.3, 0.4) is 0 Å². The molecule has 0 radical (unpaired) electrons. The van der Waals surface area contributed by atoms with Crippen molar-refractivity contribution < 1.29 is 14.3 Å². The van der Waals surface area contributed by atoms with Crippen molar-refractivity contribution in [2.24, 2.45) is 0 Å². The van der Waals surface area contributed by atoms with Gasteiger partial charge in [-0.15, -0.1) is 5.10 Å². The summed E-state index contributed by atoms with van der Waals surface area (Å²) in [5.74, 6) is -0.0763. The molecule has 2 N–H and O–H groups in total. The summed E-state index contributed by atoms with van der Waals surface area (Å²) in [6, 6.07) is 14.8. The molecular formula is C22H25N5O3. The van der Waals surface area contributed by atoms with Crippen molar-refractivity contribution in [3.8, 4) is 5.75 Å². The molecule has 2 amide bonds. The average molecular weight is 407 g/mol. The third kappa shape index (κ3) is 4.83. The molecule has 2 aromatic carbocycles. The van der Waals surface area contributed by atoms with Gasteiger partial charge in [0.05, 0.1) is 18.0 Å². The van der Waals surface area contributed by atoms with Crippen LogP contribution in [0.15, 0.2) is 48.5 Å². The third-order valence-electron chi connectivity index (χ3n) is 4.60. The van der Waals surface area contributed by atoms with Crippen LogP contribution in [-0.2, 0) is 17.8 Å². The zero-order valence-corrected chi connectivity index (χ0v) is 17.3. The number of carbonyl (C=O) groups is 2. The molecule has 0 saturated carbocycles. The van der Waals surface area contributed by atoms with Gasteiger partial charge in [-0.1, -0.05) is 42.5 Å². The molecule has 0 fully saturated rings. The van der Waals surface area contributed by atoms with E-state index in [0.717, 1.165) is 17.7 Å². The summed E-state index contributed by atoms with van der Waals surface area (Å²) in [6.45, 7) is 6.05. The zero-order valence-electron chi connectivity index (χ0n) is 17.3. The standard InChI is InChI=1S/C22H25N5O3/c1-4-16-10-6-7-11-17(16)23-20(28)14-27-15(3)21(25-26-27)22(29)24-18-12-8-9-13-19(18)30-5-2/h6-13H,4-5,14H2,1-3H3,(H,23,28)(H,24,29). The Balaban J connectivity index is 1.70. The van der Waals surface area contributed by atoms with Crippen molar-refractivity contribution in [2.45, 2.75) is 33.7 Å². The number of anilines is 2. The first-order chi connectivity index (χ1) is 14.5. The summed E-state index contributed by atoms with van der Waals surface area (Å²) in [7, 11) is 0. The van der Waals surface area contributed by atoms with Gasteiger partial charge in [0.2, 0.25) is 5.91 Å². The first kappa shape index (κ1) is 21.0. The minimum atomic E-state index is -0.414. The van der Waals surface area contributed by atoms with Crippen LogP contribution in [0.25, 0.3) is 0 Å². The number of aryl methyl sites for hydroxylation is 1. The first-order valence-corrected chi connectivity index (χ1v) is 9.84. The van der Waals surface area contributed by atoms with Crippen molar-refractivity contribution in [2.75, 3.05) is 17.2 Å². The first-order valence-electron chi connectivity index (χ1n) is 9.84. The summed E-state index contributed by atoms with van der Waals surface area (Å²) >= 11 is 0. The molecule has 0 aliphatic carbocycles. The second kappa shape index (κ2) is 9.69. The number of ether oxygens (including phenoxy) is 1. The van der Waals surface area contributed by atoms with Crippen molar-refractivity contribution in [1.82, 2.24) is 15.0 Å². The highest BCUT2D eigenvalue weighted by Gasteiger charge is 2.19. The fraction of sp³-hybridized carbons (Fsp3) is 0.273. The zero-order chi connectivity index (χ0) is 21.5. The van der Waals surface area contributed by atoms with E-state index in [1.807, 2.05) is 44.2 Å². The maximum atomic E-state index is 12.7. The molecule has 0 aliphatic rings. The molecule has 0 saturated heterocycles. The molecular weight excluding hydrogens is 382 g/mol. The lowest BCUT2D eigenvalue weighted by molar-refractivity contribution is -0.117. The summed E-state index contributed by atoms with van der Waals surface area (Å²) in [6.07, 6.45) is 0.812. The van der Waals surface area contributed by atoms with Gasteiger partial charge in [0.25, 0.3) is 5.91 Å². The summed E-state index contributed by atoms with van der Waals surface area (Å²) in [5, 5.41) is 13.6. The Kier molecular flexibility index (Phi) is 6.79. The van der Waals surface area contributed by atoms with Gasteiger partial charge in [-0.05, 0) is 44.0 Å². The number of hydrogen-bond acceptors (Lipinski definition) is 5.